The minimum atomic E-state index is -0.0502. The predicted octanol–water partition coefficient (Wildman–Crippen LogP) is 5.00. The van der Waals surface area contributed by atoms with Crippen LogP contribution in [0.2, 0.25) is 5.02 Å². The third-order valence-corrected chi connectivity index (χ3v) is 6.07. The fraction of sp³-hybridized carbons (Fsp3) is 0.280. The lowest BCUT2D eigenvalue weighted by molar-refractivity contribution is -0.136. The number of rotatable bonds is 4. The van der Waals surface area contributed by atoms with Crippen LogP contribution in [0.4, 0.5) is 0 Å². The first kappa shape index (κ1) is 20.4. The van der Waals surface area contributed by atoms with Crippen LogP contribution in [0.3, 0.4) is 0 Å². The Balaban J connectivity index is 1.38. The lowest BCUT2D eigenvalue weighted by Crippen LogP contribution is -2.43. The van der Waals surface area contributed by atoms with Gasteiger partial charge >= 0.3 is 0 Å². The largest absolute Gasteiger partial charge is 0.341 e. The molecule has 154 valence electrons. The summed E-state index contributed by atoms with van der Waals surface area (Å²) in [5, 5.41) is 2.72. The molecule has 4 rings (SSSR count). The van der Waals surface area contributed by atoms with Gasteiger partial charge in [-0.3, -0.25) is 9.59 Å². The van der Waals surface area contributed by atoms with E-state index in [1.165, 1.54) is 0 Å². The van der Waals surface area contributed by atoms with E-state index in [0.717, 1.165) is 21.9 Å². The van der Waals surface area contributed by atoms with Gasteiger partial charge in [-0.25, -0.2) is 0 Å². The van der Waals surface area contributed by atoms with Gasteiger partial charge in [0.05, 0.1) is 0 Å². The molecule has 30 heavy (non-hydrogen) atoms. The summed E-state index contributed by atoms with van der Waals surface area (Å²) in [5.74, 6) is 0.128. The molecule has 0 N–H and O–H groups in total. The molecule has 0 unspecified atom stereocenters. The molecule has 0 spiro atoms. The van der Waals surface area contributed by atoms with E-state index in [0.29, 0.717) is 37.5 Å². The van der Waals surface area contributed by atoms with Crippen LogP contribution < -0.4 is 0 Å². The Bertz CT molecular complexity index is 1070. The molecule has 3 aromatic rings. The number of fused-ring (bicyclic) bond motifs is 1. The van der Waals surface area contributed by atoms with Crippen LogP contribution in [0.5, 0.6) is 0 Å². The monoisotopic (exact) mass is 420 g/mol. The summed E-state index contributed by atoms with van der Waals surface area (Å²) >= 11 is 6.05. The number of carbonyl (C=O) groups excluding carboxylic acids is 2. The molecule has 1 fully saturated rings. The zero-order chi connectivity index (χ0) is 21.1. The van der Waals surface area contributed by atoms with E-state index < -0.39 is 0 Å². The highest BCUT2D eigenvalue weighted by Gasteiger charge is 2.30. The van der Waals surface area contributed by atoms with E-state index >= 15 is 0 Å². The molecular formula is C25H25ClN2O2. The van der Waals surface area contributed by atoms with E-state index in [9.17, 15) is 9.59 Å². The van der Waals surface area contributed by atoms with Crippen LogP contribution in [0, 0.1) is 5.92 Å². The summed E-state index contributed by atoms with van der Waals surface area (Å²) in [5.41, 5.74) is 1.75. The molecule has 5 heteroatoms. The summed E-state index contributed by atoms with van der Waals surface area (Å²) in [7, 11) is 1.83. The highest BCUT2D eigenvalue weighted by atomic mass is 35.5. The maximum absolute atomic E-state index is 13.1. The molecule has 1 aliphatic heterocycles. The molecule has 0 bridgehead atoms. The molecule has 1 saturated heterocycles. The van der Waals surface area contributed by atoms with E-state index in [1.54, 1.807) is 4.90 Å². The lowest BCUT2D eigenvalue weighted by atomic mass is 9.94. The molecule has 0 radical (unpaired) electrons. The maximum Gasteiger partial charge on any atom is 0.254 e. The van der Waals surface area contributed by atoms with Crippen molar-refractivity contribution in [3.8, 4) is 0 Å². The van der Waals surface area contributed by atoms with Crippen LogP contribution in [-0.2, 0) is 11.3 Å². The molecule has 1 heterocycles. The van der Waals surface area contributed by atoms with Crippen LogP contribution in [0.15, 0.2) is 66.7 Å². The van der Waals surface area contributed by atoms with Gasteiger partial charge in [0, 0.05) is 43.2 Å². The molecule has 1 aliphatic rings. The van der Waals surface area contributed by atoms with Gasteiger partial charge in [-0.1, -0.05) is 60.1 Å². The second kappa shape index (κ2) is 8.88. The van der Waals surface area contributed by atoms with Crippen molar-refractivity contribution in [2.24, 2.45) is 5.92 Å². The number of piperidine rings is 1. The number of nitrogens with zero attached hydrogens (tertiary/aromatic N) is 2. The minimum Gasteiger partial charge on any atom is -0.341 e. The first-order chi connectivity index (χ1) is 14.5. The third-order valence-electron chi connectivity index (χ3n) is 5.84. The molecular weight excluding hydrogens is 396 g/mol. The van der Waals surface area contributed by atoms with Crippen molar-refractivity contribution in [1.82, 2.24) is 9.80 Å². The molecule has 0 aromatic heterocycles. The Morgan fingerprint density at radius 1 is 1.00 bits per heavy atom. The van der Waals surface area contributed by atoms with Gasteiger partial charge in [-0.15, -0.1) is 0 Å². The Kier molecular flexibility index (Phi) is 6.05. The topological polar surface area (TPSA) is 40.6 Å². The SMILES string of the molecule is CN(Cc1cccc(Cl)c1)C(=O)C1CCN(C(=O)c2cccc3ccccc23)CC1. The van der Waals surface area contributed by atoms with Crippen molar-refractivity contribution in [3.63, 3.8) is 0 Å². The van der Waals surface area contributed by atoms with Crippen molar-refractivity contribution in [2.75, 3.05) is 20.1 Å². The van der Waals surface area contributed by atoms with Gasteiger partial charge in [0.1, 0.15) is 0 Å². The number of amides is 2. The Morgan fingerprint density at radius 2 is 1.70 bits per heavy atom. The number of hydrogen-bond acceptors (Lipinski definition) is 2. The second-order valence-corrected chi connectivity index (χ2v) is 8.35. The van der Waals surface area contributed by atoms with Gasteiger partial charge in [0.15, 0.2) is 0 Å². The normalized spacial score (nSPS) is 14.7. The standard InChI is InChI=1S/C25H25ClN2O2/c1-27(17-18-6-4-9-21(26)16-18)24(29)20-12-14-28(15-13-20)25(30)23-11-5-8-19-7-2-3-10-22(19)23/h2-11,16,20H,12-15,17H2,1H3. The van der Waals surface area contributed by atoms with Crippen molar-refractivity contribution >= 4 is 34.2 Å². The second-order valence-electron chi connectivity index (χ2n) is 7.92. The van der Waals surface area contributed by atoms with Crippen molar-refractivity contribution in [2.45, 2.75) is 19.4 Å². The number of likely N-dealkylation sites (tertiary alicyclic amines) is 1. The van der Waals surface area contributed by atoms with E-state index in [-0.39, 0.29) is 17.7 Å². The summed E-state index contributed by atoms with van der Waals surface area (Å²) in [6.07, 6.45) is 1.38. The number of hydrogen-bond donors (Lipinski definition) is 0. The van der Waals surface area contributed by atoms with Crippen molar-refractivity contribution in [3.05, 3.63) is 82.9 Å². The Hall–Kier alpha value is -2.85. The zero-order valence-corrected chi connectivity index (χ0v) is 17.8. The third kappa shape index (κ3) is 4.34. The fourth-order valence-corrected chi connectivity index (χ4v) is 4.42. The highest BCUT2D eigenvalue weighted by molar-refractivity contribution is 6.30. The molecule has 3 aromatic carbocycles. The number of halogens is 1. The van der Waals surface area contributed by atoms with E-state index in [4.69, 9.17) is 11.6 Å². The highest BCUT2D eigenvalue weighted by Crippen LogP contribution is 2.25. The first-order valence-corrected chi connectivity index (χ1v) is 10.7. The average molecular weight is 421 g/mol. The Labute approximate surface area is 182 Å². The van der Waals surface area contributed by atoms with Gasteiger partial charge in [-0.05, 0) is 47.4 Å². The van der Waals surface area contributed by atoms with Gasteiger partial charge in [0.25, 0.3) is 5.91 Å². The van der Waals surface area contributed by atoms with Crippen LogP contribution >= 0.6 is 11.6 Å². The average Bonchev–Trinajstić information content (AvgIpc) is 2.78. The van der Waals surface area contributed by atoms with Crippen LogP contribution in [-0.4, -0.2) is 41.8 Å². The van der Waals surface area contributed by atoms with E-state index in [2.05, 4.69) is 0 Å². The quantitative estimate of drug-likeness (QED) is 0.595. The minimum absolute atomic E-state index is 0.0463. The zero-order valence-electron chi connectivity index (χ0n) is 17.1. The molecule has 0 atom stereocenters. The van der Waals surface area contributed by atoms with Crippen molar-refractivity contribution < 1.29 is 9.59 Å². The summed E-state index contributed by atoms with van der Waals surface area (Å²) < 4.78 is 0. The van der Waals surface area contributed by atoms with Crippen molar-refractivity contribution in [1.29, 1.82) is 0 Å². The molecule has 0 saturated carbocycles. The van der Waals surface area contributed by atoms with Crippen LogP contribution in [0.25, 0.3) is 10.8 Å². The lowest BCUT2D eigenvalue weighted by Gasteiger charge is -2.33. The molecule has 4 nitrogen and oxygen atoms in total. The predicted molar refractivity (Wildman–Crippen MR) is 121 cm³/mol. The fourth-order valence-electron chi connectivity index (χ4n) is 4.21. The van der Waals surface area contributed by atoms with Gasteiger partial charge in [0.2, 0.25) is 5.91 Å². The molecule has 2 amide bonds. The van der Waals surface area contributed by atoms with Gasteiger partial charge < -0.3 is 9.80 Å². The molecule has 0 aliphatic carbocycles. The summed E-state index contributed by atoms with van der Waals surface area (Å²) in [4.78, 5) is 29.7. The number of carbonyl (C=O) groups is 2. The Morgan fingerprint density at radius 3 is 2.47 bits per heavy atom. The smallest absolute Gasteiger partial charge is 0.254 e. The van der Waals surface area contributed by atoms with E-state index in [1.807, 2.05) is 78.7 Å². The van der Waals surface area contributed by atoms with Crippen LogP contribution in [0.1, 0.15) is 28.8 Å². The summed E-state index contributed by atoms with van der Waals surface area (Å²) in [6, 6.07) is 21.4. The summed E-state index contributed by atoms with van der Waals surface area (Å²) in [6.45, 7) is 1.74. The van der Waals surface area contributed by atoms with Gasteiger partial charge in [-0.2, -0.15) is 0 Å². The number of benzene rings is 3. The first-order valence-electron chi connectivity index (χ1n) is 10.3. The maximum atomic E-state index is 13.1.